The van der Waals surface area contributed by atoms with Crippen LogP contribution < -0.4 is 10.5 Å². The van der Waals surface area contributed by atoms with Gasteiger partial charge >= 0.3 is 0 Å². The molecule has 0 aliphatic carbocycles. The zero-order valence-corrected chi connectivity index (χ0v) is 11.3. The summed E-state index contributed by atoms with van der Waals surface area (Å²) in [5, 5.41) is 0. The van der Waals surface area contributed by atoms with Crippen molar-refractivity contribution in [2.24, 2.45) is 5.73 Å². The summed E-state index contributed by atoms with van der Waals surface area (Å²) in [5.74, 6) is 0.790. The smallest absolute Gasteiger partial charge is 0.138 e. The largest absolute Gasteiger partial charge is 0.487 e. The second-order valence-corrected chi connectivity index (χ2v) is 4.63. The predicted octanol–water partition coefficient (Wildman–Crippen LogP) is 2.94. The van der Waals surface area contributed by atoms with E-state index in [-0.39, 0.29) is 6.04 Å². The minimum Gasteiger partial charge on any atom is -0.487 e. The number of nitrogens with two attached hydrogens (primary N) is 1. The maximum absolute atomic E-state index is 5.91. The maximum atomic E-state index is 5.91. The Kier molecular flexibility index (Phi) is 4.93. The van der Waals surface area contributed by atoms with Crippen molar-refractivity contribution in [3.05, 3.63) is 59.9 Å². The van der Waals surface area contributed by atoms with Crippen molar-refractivity contribution in [1.29, 1.82) is 0 Å². The second kappa shape index (κ2) is 6.90. The van der Waals surface area contributed by atoms with E-state index < -0.39 is 0 Å². The first kappa shape index (κ1) is 13.6. The zero-order chi connectivity index (χ0) is 13.5. The topological polar surface area (TPSA) is 48.1 Å². The van der Waals surface area contributed by atoms with Gasteiger partial charge in [-0.05, 0) is 24.1 Å². The van der Waals surface area contributed by atoms with Crippen LogP contribution in [0.4, 0.5) is 0 Å². The average molecular weight is 256 g/mol. The van der Waals surface area contributed by atoms with Gasteiger partial charge in [0.1, 0.15) is 12.4 Å². The minimum atomic E-state index is 0.184. The van der Waals surface area contributed by atoms with E-state index in [1.807, 2.05) is 42.5 Å². The molecule has 0 saturated heterocycles. The third-order valence-electron chi connectivity index (χ3n) is 3.04. The molecule has 0 aliphatic heterocycles. The number of benzene rings is 1. The molecule has 0 radical (unpaired) electrons. The minimum absolute atomic E-state index is 0.184. The Labute approximate surface area is 114 Å². The molecule has 0 spiro atoms. The highest BCUT2D eigenvalue weighted by molar-refractivity contribution is 5.21. The van der Waals surface area contributed by atoms with Gasteiger partial charge < -0.3 is 10.5 Å². The van der Waals surface area contributed by atoms with Crippen molar-refractivity contribution in [3.63, 3.8) is 0 Å². The number of nitrogens with zero attached hydrogens (tertiary/aromatic N) is 1. The van der Waals surface area contributed by atoms with Crippen LogP contribution in [0.25, 0.3) is 0 Å². The Morgan fingerprint density at radius 1 is 1.16 bits per heavy atom. The summed E-state index contributed by atoms with van der Waals surface area (Å²) >= 11 is 0. The van der Waals surface area contributed by atoms with E-state index in [1.165, 1.54) is 0 Å². The van der Waals surface area contributed by atoms with Gasteiger partial charge in [-0.15, -0.1) is 0 Å². The van der Waals surface area contributed by atoms with Crippen molar-refractivity contribution in [2.45, 2.75) is 32.4 Å². The molecule has 2 rings (SSSR count). The van der Waals surface area contributed by atoms with E-state index >= 15 is 0 Å². The molecule has 100 valence electrons. The standard InChI is InChI=1S/C16H20N2O/c1-2-14(17)10-15-8-9-16(11-18-15)19-12-13-6-4-3-5-7-13/h3-9,11,14H,2,10,12,17H2,1H3. The Hall–Kier alpha value is -1.87. The summed E-state index contributed by atoms with van der Waals surface area (Å²) in [6.07, 6.45) is 3.55. The molecule has 3 nitrogen and oxygen atoms in total. The van der Waals surface area contributed by atoms with Gasteiger partial charge in [0.15, 0.2) is 0 Å². The first-order chi connectivity index (χ1) is 9.28. The van der Waals surface area contributed by atoms with E-state index in [1.54, 1.807) is 6.20 Å². The van der Waals surface area contributed by atoms with Gasteiger partial charge in [-0.3, -0.25) is 4.98 Å². The summed E-state index contributed by atoms with van der Waals surface area (Å²) in [6, 6.07) is 14.2. The van der Waals surface area contributed by atoms with Crippen molar-refractivity contribution in [1.82, 2.24) is 4.98 Å². The van der Waals surface area contributed by atoms with Crippen molar-refractivity contribution >= 4 is 0 Å². The third kappa shape index (κ3) is 4.38. The molecule has 19 heavy (non-hydrogen) atoms. The highest BCUT2D eigenvalue weighted by Gasteiger charge is 2.03. The van der Waals surface area contributed by atoms with Crippen LogP contribution in [0.15, 0.2) is 48.7 Å². The van der Waals surface area contributed by atoms with Crippen LogP contribution in [0.3, 0.4) is 0 Å². The van der Waals surface area contributed by atoms with E-state index in [4.69, 9.17) is 10.5 Å². The Morgan fingerprint density at radius 2 is 1.95 bits per heavy atom. The zero-order valence-electron chi connectivity index (χ0n) is 11.3. The van der Waals surface area contributed by atoms with Crippen LogP contribution >= 0.6 is 0 Å². The van der Waals surface area contributed by atoms with Crippen LogP contribution in [0.1, 0.15) is 24.6 Å². The van der Waals surface area contributed by atoms with Gasteiger partial charge in [-0.1, -0.05) is 37.3 Å². The van der Waals surface area contributed by atoms with Gasteiger partial charge in [0.2, 0.25) is 0 Å². The lowest BCUT2D eigenvalue weighted by Crippen LogP contribution is -2.21. The number of rotatable bonds is 6. The Bertz CT molecular complexity index is 482. The summed E-state index contributed by atoms with van der Waals surface area (Å²) < 4.78 is 5.68. The van der Waals surface area contributed by atoms with Gasteiger partial charge in [-0.2, -0.15) is 0 Å². The highest BCUT2D eigenvalue weighted by Crippen LogP contribution is 2.12. The average Bonchev–Trinajstić information content (AvgIpc) is 2.47. The van der Waals surface area contributed by atoms with Gasteiger partial charge in [0.05, 0.1) is 6.20 Å². The van der Waals surface area contributed by atoms with Gasteiger partial charge in [0, 0.05) is 18.2 Å². The molecule has 1 atom stereocenters. The predicted molar refractivity (Wildman–Crippen MR) is 77.0 cm³/mol. The van der Waals surface area contributed by atoms with E-state index in [9.17, 15) is 0 Å². The summed E-state index contributed by atoms with van der Waals surface area (Å²) in [5.41, 5.74) is 8.07. The highest BCUT2D eigenvalue weighted by atomic mass is 16.5. The van der Waals surface area contributed by atoms with Crippen LogP contribution in [-0.4, -0.2) is 11.0 Å². The fourth-order valence-electron chi connectivity index (χ4n) is 1.77. The molecule has 0 fully saturated rings. The van der Waals surface area contributed by atoms with E-state index in [0.29, 0.717) is 6.61 Å². The lowest BCUT2D eigenvalue weighted by atomic mass is 10.1. The fraction of sp³-hybridized carbons (Fsp3) is 0.312. The monoisotopic (exact) mass is 256 g/mol. The van der Waals surface area contributed by atoms with Crippen LogP contribution in [0, 0.1) is 0 Å². The second-order valence-electron chi connectivity index (χ2n) is 4.63. The lowest BCUT2D eigenvalue weighted by molar-refractivity contribution is 0.305. The number of ether oxygens (including phenoxy) is 1. The summed E-state index contributed by atoms with van der Waals surface area (Å²) in [4.78, 5) is 4.37. The lowest BCUT2D eigenvalue weighted by Gasteiger charge is -2.09. The maximum Gasteiger partial charge on any atom is 0.138 e. The van der Waals surface area contributed by atoms with Crippen LogP contribution in [-0.2, 0) is 13.0 Å². The molecule has 2 N–H and O–H groups in total. The molecule has 0 saturated carbocycles. The number of hydrogen-bond acceptors (Lipinski definition) is 3. The first-order valence-electron chi connectivity index (χ1n) is 6.65. The number of hydrogen-bond donors (Lipinski definition) is 1. The fourth-order valence-corrected chi connectivity index (χ4v) is 1.77. The molecule has 1 aromatic carbocycles. The molecule has 0 amide bonds. The summed E-state index contributed by atoms with van der Waals surface area (Å²) in [6.45, 7) is 2.65. The molecule has 2 aromatic rings. The molecular formula is C16H20N2O. The molecule has 3 heteroatoms. The normalized spacial score (nSPS) is 12.1. The van der Waals surface area contributed by atoms with Crippen molar-refractivity contribution < 1.29 is 4.74 Å². The van der Waals surface area contributed by atoms with Gasteiger partial charge in [0.25, 0.3) is 0 Å². The molecule has 1 aromatic heterocycles. The van der Waals surface area contributed by atoms with Crippen LogP contribution in [0.5, 0.6) is 5.75 Å². The third-order valence-corrected chi connectivity index (χ3v) is 3.04. The summed E-state index contributed by atoms with van der Waals surface area (Å²) in [7, 11) is 0. The van der Waals surface area contributed by atoms with Crippen molar-refractivity contribution in [3.8, 4) is 5.75 Å². The molecule has 1 unspecified atom stereocenters. The molecule has 0 bridgehead atoms. The quantitative estimate of drug-likeness (QED) is 0.864. The Balaban J connectivity index is 1.88. The van der Waals surface area contributed by atoms with Crippen molar-refractivity contribution in [2.75, 3.05) is 0 Å². The number of pyridine rings is 1. The molecule has 0 aliphatic rings. The first-order valence-corrected chi connectivity index (χ1v) is 6.65. The SMILES string of the molecule is CCC(N)Cc1ccc(OCc2ccccc2)cn1. The van der Waals surface area contributed by atoms with E-state index in [0.717, 1.165) is 29.8 Å². The Morgan fingerprint density at radius 3 is 2.58 bits per heavy atom. The molecule has 1 heterocycles. The van der Waals surface area contributed by atoms with Crippen LogP contribution in [0.2, 0.25) is 0 Å². The van der Waals surface area contributed by atoms with Gasteiger partial charge in [-0.25, -0.2) is 0 Å². The number of aromatic nitrogens is 1. The molecular weight excluding hydrogens is 236 g/mol. The van der Waals surface area contributed by atoms with E-state index in [2.05, 4.69) is 11.9 Å².